The predicted octanol–water partition coefficient (Wildman–Crippen LogP) is 3.80. The number of thiophene rings is 1. The number of aryl methyl sites for hydroxylation is 1. The van der Waals surface area contributed by atoms with Crippen molar-refractivity contribution in [2.75, 3.05) is 6.54 Å². The topological polar surface area (TPSA) is 43.2 Å². The number of hydrogen-bond acceptors (Lipinski definition) is 5. The van der Waals surface area contributed by atoms with Gasteiger partial charge in [-0.25, -0.2) is 4.98 Å². The number of aromatic nitrogens is 3. The number of ether oxygens (including phenoxy) is 1. The second kappa shape index (κ2) is 6.98. The van der Waals surface area contributed by atoms with Crippen LogP contribution in [0.5, 0.6) is 5.75 Å². The van der Waals surface area contributed by atoms with Crippen molar-refractivity contribution in [2.45, 2.75) is 39.6 Å². The summed E-state index contributed by atoms with van der Waals surface area (Å²) in [6.45, 7) is 7.94. The van der Waals surface area contributed by atoms with Crippen LogP contribution in [0.15, 0.2) is 42.2 Å². The zero-order valence-corrected chi connectivity index (χ0v) is 15.4. The van der Waals surface area contributed by atoms with Gasteiger partial charge in [-0.2, -0.15) is 0 Å². The summed E-state index contributed by atoms with van der Waals surface area (Å²) >= 11 is 1.84. The van der Waals surface area contributed by atoms with Gasteiger partial charge in [0.2, 0.25) is 0 Å². The fraction of sp³-hybridized carbons (Fsp3) is 0.368. The quantitative estimate of drug-likeness (QED) is 0.699. The van der Waals surface area contributed by atoms with Gasteiger partial charge in [0.1, 0.15) is 18.2 Å². The van der Waals surface area contributed by atoms with Gasteiger partial charge in [-0.05, 0) is 43.0 Å². The third kappa shape index (κ3) is 3.32. The van der Waals surface area contributed by atoms with Crippen LogP contribution in [0.1, 0.15) is 34.9 Å². The van der Waals surface area contributed by atoms with E-state index in [1.54, 1.807) is 12.4 Å². The molecule has 0 spiro atoms. The zero-order valence-electron chi connectivity index (χ0n) is 14.6. The van der Waals surface area contributed by atoms with Crippen molar-refractivity contribution in [3.63, 3.8) is 0 Å². The Labute approximate surface area is 151 Å². The highest BCUT2D eigenvalue weighted by Gasteiger charge is 2.27. The number of hydrogen-bond donors (Lipinski definition) is 0. The monoisotopic (exact) mass is 354 g/mol. The molecule has 130 valence electrons. The van der Waals surface area contributed by atoms with Crippen LogP contribution in [0.4, 0.5) is 0 Å². The molecule has 0 fully saturated rings. The van der Waals surface area contributed by atoms with E-state index in [-0.39, 0.29) is 0 Å². The van der Waals surface area contributed by atoms with Crippen LogP contribution in [0.25, 0.3) is 0 Å². The zero-order chi connectivity index (χ0) is 17.2. The van der Waals surface area contributed by atoms with Gasteiger partial charge in [-0.1, -0.05) is 0 Å². The molecule has 0 aliphatic carbocycles. The molecule has 0 saturated carbocycles. The molecule has 4 rings (SSSR count). The van der Waals surface area contributed by atoms with Crippen LogP contribution >= 0.6 is 11.3 Å². The first kappa shape index (κ1) is 16.3. The Morgan fingerprint density at radius 1 is 1.28 bits per heavy atom. The van der Waals surface area contributed by atoms with Crippen molar-refractivity contribution in [2.24, 2.45) is 0 Å². The van der Waals surface area contributed by atoms with E-state index in [1.165, 1.54) is 10.4 Å². The van der Waals surface area contributed by atoms with Gasteiger partial charge in [-0.15, -0.1) is 11.3 Å². The molecule has 0 N–H and O–H groups in total. The van der Waals surface area contributed by atoms with Gasteiger partial charge in [0.15, 0.2) is 0 Å². The van der Waals surface area contributed by atoms with Crippen LogP contribution in [-0.2, 0) is 19.7 Å². The third-order valence-corrected chi connectivity index (χ3v) is 5.85. The Balaban J connectivity index is 1.46. The SMILES string of the molecule is Cc1ccsc1CN1CCn2c(COc3cccnc3)cnc2C1C. The molecule has 1 unspecified atom stereocenters. The highest BCUT2D eigenvalue weighted by molar-refractivity contribution is 7.10. The second-order valence-electron chi connectivity index (χ2n) is 6.41. The molecule has 3 aromatic rings. The lowest BCUT2D eigenvalue weighted by atomic mass is 10.2. The lowest BCUT2D eigenvalue weighted by Crippen LogP contribution is -2.37. The van der Waals surface area contributed by atoms with Crippen molar-refractivity contribution >= 4 is 11.3 Å². The van der Waals surface area contributed by atoms with E-state index in [4.69, 9.17) is 4.74 Å². The van der Waals surface area contributed by atoms with Crippen molar-refractivity contribution in [3.05, 3.63) is 64.1 Å². The number of pyridine rings is 1. The molecule has 0 radical (unpaired) electrons. The summed E-state index contributed by atoms with van der Waals surface area (Å²) in [5.41, 5.74) is 2.51. The lowest BCUT2D eigenvalue weighted by Gasteiger charge is -2.34. The molecule has 1 aliphatic heterocycles. The van der Waals surface area contributed by atoms with E-state index in [9.17, 15) is 0 Å². The first-order valence-corrected chi connectivity index (χ1v) is 9.44. The standard InChI is InChI=1S/C19H22N4OS/c1-14-5-9-25-18(14)12-22-7-8-23-16(10-21-19(23)15(22)2)13-24-17-4-3-6-20-11-17/h3-6,9-11,15H,7-8,12-13H2,1-2H3. The maximum absolute atomic E-state index is 5.84. The maximum Gasteiger partial charge on any atom is 0.138 e. The van der Waals surface area contributed by atoms with Gasteiger partial charge in [-0.3, -0.25) is 9.88 Å². The first-order valence-electron chi connectivity index (χ1n) is 8.56. The summed E-state index contributed by atoms with van der Waals surface area (Å²) in [5, 5.41) is 2.17. The van der Waals surface area contributed by atoms with Crippen LogP contribution in [-0.4, -0.2) is 26.0 Å². The number of imidazole rings is 1. The average Bonchev–Trinajstić information content (AvgIpc) is 3.23. The minimum absolute atomic E-state index is 0.308. The van der Waals surface area contributed by atoms with E-state index in [0.29, 0.717) is 12.6 Å². The molecule has 1 atom stereocenters. The molecule has 0 amide bonds. The van der Waals surface area contributed by atoms with Crippen LogP contribution in [0.3, 0.4) is 0 Å². The summed E-state index contributed by atoms with van der Waals surface area (Å²) in [7, 11) is 0. The summed E-state index contributed by atoms with van der Waals surface area (Å²) in [4.78, 5) is 12.7. The summed E-state index contributed by atoms with van der Waals surface area (Å²) < 4.78 is 8.15. The summed E-state index contributed by atoms with van der Waals surface area (Å²) in [5.74, 6) is 1.92. The molecular weight excluding hydrogens is 332 g/mol. The minimum Gasteiger partial charge on any atom is -0.486 e. The number of rotatable bonds is 5. The molecule has 1 aliphatic rings. The highest BCUT2D eigenvalue weighted by Crippen LogP contribution is 2.29. The fourth-order valence-corrected chi connectivity index (χ4v) is 4.21. The smallest absolute Gasteiger partial charge is 0.138 e. The van der Waals surface area contributed by atoms with Crippen LogP contribution < -0.4 is 4.74 Å². The molecule has 5 nitrogen and oxygen atoms in total. The maximum atomic E-state index is 5.84. The second-order valence-corrected chi connectivity index (χ2v) is 7.41. The Hall–Kier alpha value is -2.18. The first-order chi connectivity index (χ1) is 12.2. The van der Waals surface area contributed by atoms with E-state index in [2.05, 4.69) is 44.7 Å². The summed E-state index contributed by atoms with van der Waals surface area (Å²) in [6, 6.07) is 6.31. The van der Waals surface area contributed by atoms with E-state index >= 15 is 0 Å². The third-order valence-electron chi connectivity index (χ3n) is 4.84. The molecule has 0 saturated heterocycles. The van der Waals surface area contributed by atoms with E-state index in [1.807, 2.05) is 29.7 Å². The molecule has 0 aromatic carbocycles. The molecule has 3 aromatic heterocycles. The molecule has 6 heteroatoms. The van der Waals surface area contributed by atoms with Crippen molar-refractivity contribution < 1.29 is 4.74 Å². The fourth-order valence-electron chi connectivity index (χ4n) is 3.28. The Bertz CT molecular complexity index is 842. The largest absolute Gasteiger partial charge is 0.486 e. The van der Waals surface area contributed by atoms with Crippen LogP contribution in [0.2, 0.25) is 0 Å². The number of nitrogens with zero attached hydrogens (tertiary/aromatic N) is 4. The molecule has 25 heavy (non-hydrogen) atoms. The lowest BCUT2D eigenvalue weighted by molar-refractivity contribution is 0.153. The summed E-state index contributed by atoms with van der Waals surface area (Å²) in [6.07, 6.45) is 5.43. The molecular formula is C19H22N4OS. The van der Waals surface area contributed by atoms with Crippen molar-refractivity contribution in [1.29, 1.82) is 0 Å². The van der Waals surface area contributed by atoms with Crippen LogP contribution in [0, 0.1) is 6.92 Å². The number of fused-ring (bicyclic) bond motifs is 1. The van der Waals surface area contributed by atoms with Gasteiger partial charge in [0.25, 0.3) is 0 Å². The Morgan fingerprint density at radius 2 is 2.20 bits per heavy atom. The molecule has 0 bridgehead atoms. The van der Waals surface area contributed by atoms with E-state index < -0.39 is 0 Å². The van der Waals surface area contributed by atoms with Crippen molar-refractivity contribution in [1.82, 2.24) is 19.4 Å². The van der Waals surface area contributed by atoms with Crippen molar-refractivity contribution in [3.8, 4) is 5.75 Å². The normalized spacial score (nSPS) is 17.4. The predicted molar refractivity (Wildman–Crippen MR) is 98.7 cm³/mol. The highest BCUT2D eigenvalue weighted by atomic mass is 32.1. The van der Waals surface area contributed by atoms with E-state index in [0.717, 1.165) is 36.9 Å². The van der Waals surface area contributed by atoms with Gasteiger partial charge < -0.3 is 9.30 Å². The Morgan fingerprint density at radius 3 is 2.96 bits per heavy atom. The van der Waals surface area contributed by atoms with Gasteiger partial charge >= 0.3 is 0 Å². The Kier molecular flexibility index (Phi) is 4.55. The van der Waals surface area contributed by atoms with Gasteiger partial charge in [0.05, 0.1) is 24.1 Å². The molecule has 4 heterocycles. The van der Waals surface area contributed by atoms with Gasteiger partial charge in [0, 0.05) is 30.7 Å². The average molecular weight is 354 g/mol. The minimum atomic E-state index is 0.308.